The minimum atomic E-state index is -0.786. The van der Waals surface area contributed by atoms with E-state index in [1.807, 2.05) is 55.5 Å². The number of benzene rings is 3. The molecule has 0 spiro atoms. The third-order valence-corrected chi connectivity index (χ3v) is 8.54. The summed E-state index contributed by atoms with van der Waals surface area (Å²) in [7, 11) is 0. The molecular formula is C30H24N4O4. The van der Waals surface area contributed by atoms with Crippen LogP contribution in [-0.2, 0) is 14.3 Å². The first-order valence-corrected chi connectivity index (χ1v) is 12.8. The standard InChI is InChI=1S/C30H24N4O4/c1-29-12-13-30(38-29,14-15-37-26-21-8-4-5-9-22(21)32-17-33-26)25-24(29)27(35)34(28(25)36)23-11-10-18(16-31)19-6-2-3-7-20(19)23/h2-11,17,24-25H,12-15H2,1H3. The van der Waals surface area contributed by atoms with E-state index in [0.717, 1.165) is 16.3 Å². The molecule has 2 amide bonds. The quantitative estimate of drug-likeness (QED) is 0.367. The minimum Gasteiger partial charge on any atom is -0.477 e. The molecule has 4 heterocycles. The molecule has 2 bridgehead atoms. The van der Waals surface area contributed by atoms with Gasteiger partial charge in [0, 0.05) is 17.2 Å². The summed E-state index contributed by atoms with van der Waals surface area (Å²) in [5.74, 6) is -1.14. The van der Waals surface area contributed by atoms with Gasteiger partial charge in [-0.1, -0.05) is 36.4 Å². The highest BCUT2D eigenvalue weighted by molar-refractivity contribution is 6.26. The maximum absolute atomic E-state index is 14.0. The zero-order valence-corrected chi connectivity index (χ0v) is 20.8. The first kappa shape index (κ1) is 22.8. The van der Waals surface area contributed by atoms with E-state index >= 15 is 0 Å². The second-order valence-corrected chi connectivity index (χ2v) is 10.5. The molecule has 3 saturated heterocycles. The van der Waals surface area contributed by atoms with Crippen LogP contribution in [0.4, 0.5) is 5.69 Å². The Morgan fingerprint density at radius 2 is 1.71 bits per heavy atom. The van der Waals surface area contributed by atoms with Crippen LogP contribution in [0.2, 0.25) is 0 Å². The van der Waals surface area contributed by atoms with Crippen molar-refractivity contribution in [3.8, 4) is 11.9 Å². The van der Waals surface area contributed by atoms with Gasteiger partial charge in [-0.05, 0) is 44.0 Å². The van der Waals surface area contributed by atoms with Crippen LogP contribution in [0.15, 0.2) is 67.0 Å². The van der Waals surface area contributed by atoms with Crippen LogP contribution in [0.3, 0.4) is 0 Å². The molecule has 8 heteroatoms. The van der Waals surface area contributed by atoms with E-state index in [0.29, 0.717) is 48.4 Å². The van der Waals surface area contributed by atoms with Gasteiger partial charge >= 0.3 is 0 Å². The molecule has 0 saturated carbocycles. The molecule has 7 rings (SSSR count). The number of rotatable bonds is 5. The van der Waals surface area contributed by atoms with Gasteiger partial charge in [-0.25, -0.2) is 14.9 Å². The summed E-state index contributed by atoms with van der Waals surface area (Å²) in [4.78, 5) is 37.8. The monoisotopic (exact) mass is 504 g/mol. The molecule has 3 fully saturated rings. The second kappa shape index (κ2) is 8.07. The van der Waals surface area contributed by atoms with E-state index < -0.39 is 23.0 Å². The van der Waals surface area contributed by atoms with Crippen LogP contribution in [0.1, 0.15) is 31.7 Å². The van der Waals surface area contributed by atoms with Crippen molar-refractivity contribution in [2.75, 3.05) is 11.5 Å². The maximum Gasteiger partial charge on any atom is 0.240 e. The Morgan fingerprint density at radius 1 is 0.974 bits per heavy atom. The number of imide groups is 1. The fourth-order valence-electron chi connectivity index (χ4n) is 6.84. The fraction of sp³-hybridized carbons (Fsp3) is 0.300. The molecule has 4 unspecified atom stereocenters. The number of nitrogens with zero attached hydrogens (tertiary/aromatic N) is 4. The molecule has 3 aliphatic heterocycles. The number of nitriles is 1. The number of hydrogen-bond donors (Lipinski definition) is 0. The van der Waals surface area contributed by atoms with Crippen LogP contribution in [0, 0.1) is 23.2 Å². The Kier molecular flexibility index (Phi) is 4.85. The molecule has 0 radical (unpaired) electrons. The average Bonchev–Trinajstić information content (AvgIpc) is 3.52. The van der Waals surface area contributed by atoms with Crippen molar-refractivity contribution in [3.05, 3.63) is 72.6 Å². The molecule has 4 aromatic rings. The van der Waals surface area contributed by atoms with Gasteiger partial charge in [-0.3, -0.25) is 9.59 Å². The van der Waals surface area contributed by atoms with E-state index in [2.05, 4.69) is 16.0 Å². The zero-order chi connectivity index (χ0) is 26.1. The summed E-state index contributed by atoms with van der Waals surface area (Å²) in [6, 6.07) is 20.6. The van der Waals surface area contributed by atoms with Crippen molar-refractivity contribution in [3.63, 3.8) is 0 Å². The molecule has 4 atom stereocenters. The lowest BCUT2D eigenvalue weighted by molar-refractivity contribution is -0.131. The number of ether oxygens (including phenoxy) is 2. The predicted octanol–water partition coefficient (Wildman–Crippen LogP) is 4.55. The Labute approximate surface area is 218 Å². The fourth-order valence-corrected chi connectivity index (χ4v) is 6.84. The Bertz CT molecular complexity index is 1690. The van der Waals surface area contributed by atoms with Gasteiger partial charge in [0.1, 0.15) is 6.33 Å². The Balaban J connectivity index is 1.21. The average molecular weight is 505 g/mol. The highest BCUT2D eigenvalue weighted by Crippen LogP contribution is 2.62. The molecule has 38 heavy (non-hydrogen) atoms. The van der Waals surface area contributed by atoms with E-state index in [9.17, 15) is 14.9 Å². The first-order chi connectivity index (χ1) is 18.5. The topological polar surface area (TPSA) is 105 Å². The largest absolute Gasteiger partial charge is 0.477 e. The molecule has 0 N–H and O–H groups in total. The normalized spacial score (nSPS) is 27.7. The number of hydrogen-bond acceptors (Lipinski definition) is 7. The van der Waals surface area contributed by atoms with Crippen LogP contribution in [-0.4, -0.2) is 39.6 Å². The van der Waals surface area contributed by atoms with E-state index in [1.165, 1.54) is 11.2 Å². The highest BCUT2D eigenvalue weighted by Gasteiger charge is 2.73. The summed E-state index contributed by atoms with van der Waals surface area (Å²) < 4.78 is 12.7. The number of aromatic nitrogens is 2. The molecule has 8 nitrogen and oxygen atoms in total. The Hall–Kier alpha value is -4.35. The van der Waals surface area contributed by atoms with E-state index in [-0.39, 0.29) is 11.8 Å². The minimum absolute atomic E-state index is 0.235. The van der Waals surface area contributed by atoms with Crippen LogP contribution in [0.5, 0.6) is 5.88 Å². The van der Waals surface area contributed by atoms with Crippen LogP contribution < -0.4 is 9.64 Å². The van der Waals surface area contributed by atoms with Gasteiger partial charge in [-0.15, -0.1) is 0 Å². The molecule has 3 aromatic carbocycles. The number of carbonyl (C=O) groups excluding carboxylic acids is 2. The van der Waals surface area contributed by atoms with Crippen LogP contribution >= 0.6 is 0 Å². The van der Waals surface area contributed by atoms with Crippen molar-refractivity contribution in [1.29, 1.82) is 5.26 Å². The smallest absolute Gasteiger partial charge is 0.240 e. The van der Waals surface area contributed by atoms with Gasteiger partial charge in [0.05, 0.1) is 57.9 Å². The molecule has 3 aliphatic rings. The predicted molar refractivity (Wildman–Crippen MR) is 139 cm³/mol. The third kappa shape index (κ3) is 3.06. The maximum atomic E-state index is 14.0. The summed E-state index contributed by atoms with van der Waals surface area (Å²) in [5, 5.41) is 11.8. The van der Waals surface area contributed by atoms with Crippen molar-refractivity contribution < 1.29 is 19.1 Å². The van der Waals surface area contributed by atoms with Crippen molar-refractivity contribution in [2.24, 2.45) is 11.8 Å². The lowest BCUT2D eigenvalue weighted by Crippen LogP contribution is -2.43. The summed E-state index contributed by atoms with van der Waals surface area (Å²) in [6.45, 7) is 2.24. The van der Waals surface area contributed by atoms with Crippen molar-refractivity contribution >= 4 is 39.2 Å². The van der Waals surface area contributed by atoms with Crippen LogP contribution in [0.25, 0.3) is 21.7 Å². The summed E-state index contributed by atoms with van der Waals surface area (Å²) in [6.07, 6.45) is 3.32. The van der Waals surface area contributed by atoms with E-state index in [4.69, 9.17) is 9.47 Å². The summed E-state index contributed by atoms with van der Waals surface area (Å²) in [5.41, 5.74) is 0.321. The van der Waals surface area contributed by atoms with Crippen molar-refractivity contribution in [1.82, 2.24) is 9.97 Å². The van der Waals surface area contributed by atoms with Gasteiger partial charge in [0.2, 0.25) is 17.7 Å². The first-order valence-electron chi connectivity index (χ1n) is 12.8. The van der Waals surface area contributed by atoms with E-state index in [1.54, 1.807) is 12.1 Å². The number of carbonyl (C=O) groups is 2. The number of fused-ring (bicyclic) bond motifs is 7. The SMILES string of the molecule is CC12CCC(CCOc3ncnc4ccccc34)(O1)C1C(=O)N(c3ccc(C#N)c4ccccc34)C(=O)C12. The van der Waals surface area contributed by atoms with Gasteiger partial charge in [0.15, 0.2) is 0 Å². The number of para-hydroxylation sites is 1. The molecule has 188 valence electrons. The third-order valence-electron chi connectivity index (χ3n) is 8.54. The molecular weight excluding hydrogens is 480 g/mol. The number of anilines is 1. The summed E-state index contributed by atoms with van der Waals surface area (Å²) >= 11 is 0. The van der Waals surface area contributed by atoms with Gasteiger partial charge in [0.25, 0.3) is 0 Å². The van der Waals surface area contributed by atoms with Gasteiger partial charge < -0.3 is 9.47 Å². The van der Waals surface area contributed by atoms with Gasteiger partial charge in [-0.2, -0.15) is 5.26 Å². The zero-order valence-electron chi connectivity index (χ0n) is 20.8. The lowest BCUT2D eigenvalue weighted by Gasteiger charge is -2.31. The molecule has 1 aromatic heterocycles. The Morgan fingerprint density at radius 3 is 2.53 bits per heavy atom. The highest BCUT2D eigenvalue weighted by atomic mass is 16.5. The van der Waals surface area contributed by atoms with Crippen molar-refractivity contribution in [2.45, 2.75) is 37.4 Å². The number of amides is 2. The second-order valence-electron chi connectivity index (χ2n) is 10.5. The molecule has 0 aliphatic carbocycles. The lowest BCUT2D eigenvalue weighted by atomic mass is 9.67.